The molecule has 1 N–H and O–H groups in total. The maximum absolute atomic E-state index is 12.6. The number of hydrogen-bond acceptors (Lipinski definition) is 4. The molecular formula is C26H27ClN2O4. The predicted molar refractivity (Wildman–Crippen MR) is 129 cm³/mol. The first kappa shape index (κ1) is 24.3. The first-order valence-corrected chi connectivity index (χ1v) is 10.9. The van der Waals surface area contributed by atoms with Crippen LogP contribution in [0.5, 0.6) is 11.5 Å². The van der Waals surface area contributed by atoms with Gasteiger partial charge in [-0.25, -0.2) is 0 Å². The summed E-state index contributed by atoms with van der Waals surface area (Å²) < 4.78 is 7.23. The number of carboxylic acid groups (broad SMARTS) is 1. The number of halogens is 1. The second-order valence-corrected chi connectivity index (χ2v) is 8.41. The van der Waals surface area contributed by atoms with Crippen molar-refractivity contribution in [1.29, 1.82) is 0 Å². The van der Waals surface area contributed by atoms with E-state index in [-0.39, 0.29) is 12.3 Å². The number of carboxylic acids is 1. The van der Waals surface area contributed by atoms with Crippen LogP contribution in [0.4, 0.5) is 0 Å². The highest BCUT2D eigenvalue weighted by Gasteiger charge is 2.15. The maximum Gasteiger partial charge on any atom is 0.307 e. The third-order valence-electron chi connectivity index (χ3n) is 4.96. The van der Waals surface area contributed by atoms with Crippen LogP contribution < -0.4 is 4.74 Å². The van der Waals surface area contributed by atoms with E-state index in [0.29, 0.717) is 42.1 Å². The first-order valence-electron chi connectivity index (χ1n) is 10.6. The van der Waals surface area contributed by atoms with Crippen LogP contribution in [0.25, 0.3) is 0 Å². The van der Waals surface area contributed by atoms with Gasteiger partial charge in [-0.1, -0.05) is 42.5 Å². The van der Waals surface area contributed by atoms with E-state index in [1.165, 1.54) is 4.42 Å². The first-order chi connectivity index (χ1) is 15.8. The van der Waals surface area contributed by atoms with Gasteiger partial charge in [0.15, 0.2) is 0 Å². The van der Waals surface area contributed by atoms with Gasteiger partial charge < -0.3 is 14.7 Å². The van der Waals surface area contributed by atoms with Crippen LogP contribution in [-0.2, 0) is 24.2 Å². The van der Waals surface area contributed by atoms with Gasteiger partial charge in [-0.15, -0.1) is 0 Å². The third-order valence-corrected chi connectivity index (χ3v) is 5.28. The average Bonchev–Trinajstić information content (AvgIpc) is 2.79. The Morgan fingerprint density at radius 2 is 1.64 bits per heavy atom. The van der Waals surface area contributed by atoms with Crippen LogP contribution in [0.3, 0.4) is 0 Å². The quantitative estimate of drug-likeness (QED) is 0.425. The van der Waals surface area contributed by atoms with Crippen LogP contribution in [0.2, 0.25) is 0 Å². The van der Waals surface area contributed by atoms with Crippen LogP contribution in [0.1, 0.15) is 27.0 Å². The second-order valence-electron chi connectivity index (χ2n) is 8.00. The molecule has 3 rings (SSSR count). The van der Waals surface area contributed by atoms with Gasteiger partial charge in [0.05, 0.1) is 6.42 Å². The van der Waals surface area contributed by atoms with Crippen LogP contribution in [0, 0.1) is 0 Å². The van der Waals surface area contributed by atoms with E-state index in [1.54, 1.807) is 36.4 Å². The molecule has 3 aromatic rings. The Balaban J connectivity index is 1.67. The fourth-order valence-electron chi connectivity index (χ4n) is 3.39. The normalized spacial score (nSPS) is 10.8. The summed E-state index contributed by atoms with van der Waals surface area (Å²) >= 11 is 6.21. The molecule has 0 radical (unpaired) electrons. The van der Waals surface area contributed by atoms with Crippen molar-refractivity contribution >= 4 is 23.7 Å². The lowest BCUT2D eigenvalue weighted by Gasteiger charge is -2.17. The second kappa shape index (κ2) is 11.5. The lowest BCUT2D eigenvalue weighted by molar-refractivity contribution is -0.136. The van der Waals surface area contributed by atoms with Gasteiger partial charge in [0, 0.05) is 36.0 Å². The van der Waals surface area contributed by atoms with Crippen LogP contribution >= 0.6 is 11.8 Å². The molecule has 0 spiro atoms. The summed E-state index contributed by atoms with van der Waals surface area (Å²) in [6.45, 7) is 1.00. The summed E-state index contributed by atoms with van der Waals surface area (Å²) in [5, 5.41) is 9.06. The number of aliphatic carboxylic acids is 1. The Labute approximate surface area is 199 Å². The van der Waals surface area contributed by atoms with Gasteiger partial charge in [0.25, 0.3) is 5.91 Å². The molecule has 0 aliphatic carbocycles. The van der Waals surface area contributed by atoms with E-state index in [1.807, 2.05) is 55.4 Å². The Morgan fingerprint density at radius 3 is 2.27 bits per heavy atom. The number of amides is 1. The minimum absolute atomic E-state index is 0.0449. The average molecular weight is 467 g/mol. The van der Waals surface area contributed by atoms with Crippen molar-refractivity contribution in [3.05, 3.63) is 95.1 Å². The van der Waals surface area contributed by atoms with Crippen molar-refractivity contribution in [2.45, 2.75) is 19.4 Å². The summed E-state index contributed by atoms with van der Waals surface area (Å²) in [5.41, 5.74) is 3.18. The van der Waals surface area contributed by atoms with E-state index in [0.717, 1.165) is 11.1 Å². The van der Waals surface area contributed by atoms with E-state index >= 15 is 0 Å². The van der Waals surface area contributed by atoms with E-state index in [4.69, 9.17) is 21.6 Å². The number of carbonyl (C=O) groups excluding carboxylic acids is 1. The highest BCUT2D eigenvalue weighted by Crippen LogP contribution is 2.28. The molecule has 3 aromatic carbocycles. The molecule has 172 valence electrons. The number of carbonyl (C=O) groups is 2. The summed E-state index contributed by atoms with van der Waals surface area (Å²) in [6.07, 6.45) is 0.626. The molecule has 0 atom stereocenters. The zero-order valence-electron chi connectivity index (χ0n) is 18.7. The van der Waals surface area contributed by atoms with Crippen LogP contribution in [0.15, 0.2) is 72.8 Å². The molecule has 0 bridgehead atoms. The molecule has 1 amide bonds. The fourth-order valence-corrected chi connectivity index (χ4v) is 3.57. The summed E-state index contributed by atoms with van der Waals surface area (Å²) in [5.74, 6) is 0.0593. The number of benzene rings is 3. The minimum atomic E-state index is -0.878. The zero-order chi connectivity index (χ0) is 23.8. The number of ether oxygens (including phenoxy) is 1. The molecule has 0 aliphatic rings. The molecule has 0 aromatic heterocycles. The van der Waals surface area contributed by atoms with Crippen LogP contribution in [-0.4, -0.2) is 46.9 Å². The Hall–Kier alpha value is -3.35. The highest BCUT2D eigenvalue weighted by atomic mass is 35.5. The maximum atomic E-state index is 12.6. The van der Waals surface area contributed by atoms with Crippen molar-refractivity contribution < 1.29 is 19.4 Å². The van der Waals surface area contributed by atoms with Crippen molar-refractivity contribution in [3.8, 4) is 11.5 Å². The predicted octanol–water partition coefficient (Wildman–Crippen LogP) is 5.01. The minimum Gasteiger partial charge on any atom is -0.481 e. The molecule has 0 heterocycles. The van der Waals surface area contributed by atoms with Gasteiger partial charge in [-0.2, -0.15) is 0 Å². The molecule has 0 saturated carbocycles. The Bertz CT molecular complexity index is 1090. The van der Waals surface area contributed by atoms with Crippen molar-refractivity contribution in [3.63, 3.8) is 0 Å². The van der Waals surface area contributed by atoms with Crippen molar-refractivity contribution in [2.75, 3.05) is 20.6 Å². The molecule has 0 saturated heterocycles. The van der Waals surface area contributed by atoms with E-state index in [2.05, 4.69) is 0 Å². The zero-order valence-corrected chi connectivity index (χ0v) is 19.5. The van der Waals surface area contributed by atoms with Gasteiger partial charge in [-0.3, -0.25) is 14.0 Å². The molecule has 0 aliphatic heterocycles. The SMILES string of the molecule is CN(C)Cc1cc(CC(=O)O)ccc1Oc1ccc(C(=O)N(Cl)CCc2ccccc2)cc1. The highest BCUT2D eigenvalue weighted by molar-refractivity contribution is 6.24. The van der Waals surface area contributed by atoms with Gasteiger partial charge in [0.2, 0.25) is 0 Å². The molecule has 7 heteroatoms. The molecular weight excluding hydrogens is 440 g/mol. The van der Waals surface area contributed by atoms with E-state index in [9.17, 15) is 9.59 Å². The lowest BCUT2D eigenvalue weighted by atomic mass is 10.1. The number of hydrogen-bond donors (Lipinski definition) is 1. The third kappa shape index (κ3) is 7.34. The van der Waals surface area contributed by atoms with Crippen molar-refractivity contribution in [1.82, 2.24) is 9.32 Å². The van der Waals surface area contributed by atoms with Gasteiger partial charge in [-0.05, 0) is 62.0 Å². The standard InChI is InChI=1S/C26H27ClN2O4/c1-28(2)18-22-16-20(17-25(30)31)8-13-24(22)33-23-11-9-21(10-12-23)26(32)29(27)15-14-19-6-4-3-5-7-19/h3-13,16H,14-15,17-18H2,1-2H3,(H,30,31). The number of nitrogens with zero attached hydrogens (tertiary/aromatic N) is 2. The lowest BCUT2D eigenvalue weighted by Crippen LogP contribution is -2.23. The smallest absolute Gasteiger partial charge is 0.307 e. The Kier molecular flexibility index (Phi) is 8.46. The summed E-state index contributed by atoms with van der Waals surface area (Å²) in [7, 11) is 3.87. The summed E-state index contributed by atoms with van der Waals surface area (Å²) in [6, 6.07) is 22.0. The Morgan fingerprint density at radius 1 is 0.939 bits per heavy atom. The monoisotopic (exact) mass is 466 g/mol. The topological polar surface area (TPSA) is 70.1 Å². The van der Waals surface area contributed by atoms with Crippen molar-refractivity contribution in [2.24, 2.45) is 0 Å². The number of rotatable bonds is 10. The van der Waals surface area contributed by atoms with Gasteiger partial charge >= 0.3 is 5.97 Å². The molecule has 0 unspecified atom stereocenters. The fraction of sp³-hybridized carbons (Fsp3) is 0.231. The molecule has 6 nitrogen and oxygen atoms in total. The van der Waals surface area contributed by atoms with E-state index < -0.39 is 5.97 Å². The summed E-state index contributed by atoms with van der Waals surface area (Å²) in [4.78, 5) is 25.7. The molecule has 33 heavy (non-hydrogen) atoms. The largest absolute Gasteiger partial charge is 0.481 e. The molecule has 0 fully saturated rings. The van der Waals surface area contributed by atoms with Gasteiger partial charge in [0.1, 0.15) is 11.5 Å².